The number of aliphatic hydroxyl groups is 1. The molecule has 1 rings (SSSR count). The van der Waals surface area contributed by atoms with Crippen molar-refractivity contribution in [1.29, 1.82) is 0 Å². The summed E-state index contributed by atoms with van der Waals surface area (Å²) in [5, 5.41) is 14.8. The summed E-state index contributed by atoms with van der Waals surface area (Å²) in [6.07, 6.45) is 0.447. The van der Waals surface area contributed by atoms with Gasteiger partial charge in [-0.1, -0.05) is 6.92 Å². The van der Waals surface area contributed by atoms with E-state index in [1.165, 1.54) is 0 Å². The van der Waals surface area contributed by atoms with E-state index in [9.17, 15) is 9.90 Å². The molecule has 0 aliphatic rings. The lowest BCUT2D eigenvalue weighted by Gasteiger charge is -2.15. The molecule has 5 heteroatoms. The van der Waals surface area contributed by atoms with E-state index in [2.05, 4.69) is 10.6 Å². The van der Waals surface area contributed by atoms with Crippen LogP contribution in [0.1, 0.15) is 34.1 Å². The smallest absolute Gasteiger partial charge is 0.319 e. The van der Waals surface area contributed by atoms with Crippen LogP contribution >= 0.6 is 0 Å². The maximum Gasteiger partial charge on any atom is 0.319 e. The summed E-state index contributed by atoms with van der Waals surface area (Å²) in [7, 11) is 0. The molecule has 0 bridgehead atoms. The van der Waals surface area contributed by atoms with Gasteiger partial charge in [0.25, 0.3) is 0 Å². The van der Waals surface area contributed by atoms with Crippen molar-refractivity contribution in [2.75, 3.05) is 11.9 Å². The van der Waals surface area contributed by atoms with Crippen LogP contribution in [0.15, 0.2) is 24.3 Å². The van der Waals surface area contributed by atoms with Gasteiger partial charge in [0.2, 0.25) is 0 Å². The molecule has 1 aromatic rings. The second-order valence-electron chi connectivity index (χ2n) is 5.72. The molecule has 2 amide bonds. The Kier molecular flexibility index (Phi) is 7.02. The van der Waals surface area contributed by atoms with E-state index in [-0.39, 0.29) is 24.2 Å². The average molecular weight is 294 g/mol. The largest absolute Gasteiger partial charge is 0.491 e. The van der Waals surface area contributed by atoms with Gasteiger partial charge in [-0.2, -0.15) is 0 Å². The van der Waals surface area contributed by atoms with E-state index >= 15 is 0 Å². The molecule has 0 radical (unpaired) electrons. The summed E-state index contributed by atoms with van der Waals surface area (Å²) < 4.78 is 5.54. The molecule has 0 aromatic heterocycles. The Labute approximate surface area is 126 Å². The predicted octanol–water partition coefficient (Wildman–Crippen LogP) is 3.00. The number of anilines is 1. The Morgan fingerprint density at radius 1 is 1.19 bits per heavy atom. The molecule has 0 spiro atoms. The average Bonchev–Trinajstić information content (AvgIpc) is 2.37. The van der Waals surface area contributed by atoms with Gasteiger partial charge in [0.15, 0.2) is 0 Å². The summed E-state index contributed by atoms with van der Waals surface area (Å²) in [5.74, 6) is 1.01. The summed E-state index contributed by atoms with van der Waals surface area (Å²) >= 11 is 0. The van der Waals surface area contributed by atoms with Crippen molar-refractivity contribution in [3.63, 3.8) is 0 Å². The zero-order valence-corrected chi connectivity index (χ0v) is 13.2. The molecule has 0 saturated carbocycles. The highest BCUT2D eigenvalue weighted by atomic mass is 16.5. The Morgan fingerprint density at radius 3 is 2.33 bits per heavy atom. The lowest BCUT2D eigenvalue weighted by atomic mass is 10.1. The SMILES string of the molecule is CC(O)CC(C)CNC(=O)Nc1ccc(OC(C)C)cc1. The van der Waals surface area contributed by atoms with Gasteiger partial charge in [0, 0.05) is 12.2 Å². The number of nitrogens with one attached hydrogen (secondary N) is 2. The minimum absolute atomic E-state index is 0.127. The van der Waals surface area contributed by atoms with E-state index in [0.29, 0.717) is 18.7 Å². The second-order valence-corrected chi connectivity index (χ2v) is 5.72. The van der Waals surface area contributed by atoms with Gasteiger partial charge in [-0.15, -0.1) is 0 Å². The Balaban J connectivity index is 2.37. The first kappa shape index (κ1) is 17.3. The third-order valence-corrected chi connectivity index (χ3v) is 2.84. The molecular formula is C16H26N2O3. The zero-order chi connectivity index (χ0) is 15.8. The fraction of sp³-hybridized carbons (Fsp3) is 0.562. The molecule has 0 fully saturated rings. The van der Waals surface area contributed by atoms with Crippen LogP contribution < -0.4 is 15.4 Å². The molecule has 118 valence electrons. The number of hydrogen-bond acceptors (Lipinski definition) is 3. The fourth-order valence-corrected chi connectivity index (χ4v) is 2.00. The number of benzene rings is 1. The maximum absolute atomic E-state index is 11.7. The minimum atomic E-state index is -0.349. The van der Waals surface area contributed by atoms with Crippen LogP contribution in [0.5, 0.6) is 5.75 Å². The van der Waals surface area contributed by atoms with Gasteiger partial charge in [0.1, 0.15) is 5.75 Å². The van der Waals surface area contributed by atoms with Crippen LogP contribution in [-0.4, -0.2) is 29.9 Å². The van der Waals surface area contributed by atoms with Crippen molar-refractivity contribution in [1.82, 2.24) is 5.32 Å². The predicted molar refractivity (Wildman–Crippen MR) is 84.7 cm³/mol. The highest BCUT2D eigenvalue weighted by Crippen LogP contribution is 2.16. The van der Waals surface area contributed by atoms with Crippen molar-refractivity contribution in [2.24, 2.45) is 5.92 Å². The van der Waals surface area contributed by atoms with Gasteiger partial charge >= 0.3 is 6.03 Å². The molecule has 2 atom stereocenters. The maximum atomic E-state index is 11.7. The number of rotatable bonds is 7. The number of aliphatic hydroxyl groups excluding tert-OH is 1. The Bertz CT molecular complexity index is 430. The highest BCUT2D eigenvalue weighted by molar-refractivity contribution is 5.89. The van der Waals surface area contributed by atoms with Crippen LogP contribution in [0.2, 0.25) is 0 Å². The lowest BCUT2D eigenvalue weighted by Crippen LogP contribution is -2.33. The number of carbonyl (C=O) groups is 1. The molecule has 0 heterocycles. The molecule has 0 aliphatic carbocycles. The summed E-state index contributed by atoms with van der Waals surface area (Å²) in [6, 6.07) is 7.01. The van der Waals surface area contributed by atoms with Crippen molar-refractivity contribution in [2.45, 2.75) is 46.3 Å². The van der Waals surface area contributed by atoms with Gasteiger partial charge in [0.05, 0.1) is 12.2 Å². The zero-order valence-electron chi connectivity index (χ0n) is 13.2. The van der Waals surface area contributed by atoms with E-state index in [4.69, 9.17) is 4.74 Å². The summed E-state index contributed by atoms with van der Waals surface area (Å²) in [6.45, 7) is 8.20. The Hall–Kier alpha value is -1.75. The lowest BCUT2D eigenvalue weighted by molar-refractivity contribution is 0.163. The van der Waals surface area contributed by atoms with Crippen LogP contribution in [0.25, 0.3) is 0 Å². The van der Waals surface area contributed by atoms with Crippen LogP contribution in [-0.2, 0) is 0 Å². The molecule has 0 saturated heterocycles. The third kappa shape index (κ3) is 7.56. The number of hydrogen-bond donors (Lipinski definition) is 3. The first-order valence-electron chi connectivity index (χ1n) is 7.36. The van der Waals surface area contributed by atoms with Gasteiger partial charge in [-0.05, 0) is 57.4 Å². The standard InChI is InChI=1S/C16H26N2O3/c1-11(2)21-15-7-5-14(6-8-15)18-16(20)17-10-12(3)9-13(4)19/h5-8,11-13,19H,9-10H2,1-4H3,(H2,17,18,20). The molecule has 3 N–H and O–H groups in total. The quantitative estimate of drug-likeness (QED) is 0.724. The van der Waals surface area contributed by atoms with Crippen LogP contribution in [0.4, 0.5) is 10.5 Å². The van der Waals surface area contributed by atoms with Crippen LogP contribution in [0, 0.1) is 5.92 Å². The highest BCUT2D eigenvalue weighted by Gasteiger charge is 2.08. The van der Waals surface area contributed by atoms with E-state index in [1.807, 2.05) is 32.9 Å². The van der Waals surface area contributed by atoms with Crippen molar-refractivity contribution < 1.29 is 14.6 Å². The minimum Gasteiger partial charge on any atom is -0.491 e. The molecule has 1 aromatic carbocycles. The number of amides is 2. The topological polar surface area (TPSA) is 70.6 Å². The number of carbonyl (C=O) groups excluding carboxylic acids is 1. The molecular weight excluding hydrogens is 268 g/mol. The van der Waals surface area contributed by atoms with Gasteiger partial charge < -0.3 is 20.5 Å². The summed E-state index contributed by atoms with van der Waals surface area (Å²) in [5.41, 5.74) is 0.715. The normalized spacial score (nSPS) is 13.6. The number of urea groups is 1. The van der Waals surface area contributed by atoms with E-state index in [0.717, 1.165) is 5.75 Å². The Morgan fingerprint density at radius 2 is 1.81 bits per heavy atom. The van der Waals surface area contributed by atoms with Crippen molar-refractivity contribution in [3.8, 4) is 5.75 Å². The first-order chi connectivity index (χ1) is 9.86. The molecule has 2 unspecified atom stereocenters. The second kappa shape index (κ2) is 8.52. The summed E-state index contributed by atoms with van der Waals surface area (Å²) in [4.78, 5) is 11.7. The number of ether oxygens (including phenoxy) is 1. The van der Waals surface area contributed by atoms with E-state index < -0.39 is 0 Å². The molecule has 5 nitrogen and oxygen atoms in total. The van der Waals surface area contributed by atoms with E-state index in [1.54, 1.807) is 19.1 Å². The van der Waals surface area contributed by atoms with Crippen LogP contribution in [0.3, 0.4) is 0 Å². The third-order valence-electron chi connectivity index (χ3n) is 2.84. The monoisotopic (exact) mass is 294 g/mol. The van der Waals surface area contributed by atoms with Gasteiger partial charge in [-0.3, -0.25) is 0 Å². The molecule has 21 heavy (non-hydrogen) atoms. The fourth-order valence-electron chi connectivity index (χ4n) is 2.00. The first-order valence-corrected chi connectivity index (χ1v) is 7.36. The van der Waals surface area contributed by atoms with Crippen molar-refractivity contribution in [3.05, 3.63) is 24.3 Å². The molecule has 0 aliphatic heterocycles. The van der Waals surface area contributed by atoms with Crippen molar-refractivity contribution >= 4 is 11.7 Å². The van der Waals surface area contributed by atoms with Gasteiger partial charge in [-0.25, -0.2) is 4.79 Å².